The molecule has 0 radical (unpaired) electrons. The van der Waals surface area contributed by atoms with Gasteiger partial charge in [0, 0.05) is 18.7 Å². The van der Waals surface area contributed by atoms with Crippen molar-refractivity contribution in [2.75, 3.05) is 19.6 Å². The molecule has 7 nitrogen and oxygen atoms in total. The summed E-state index contributed by atoms with van der Waals surface area (Å²) in [4.78, 5) is 2.40. The molecule has 2 aromatic heterocycles. The quantitative estimate of drug-likeness (QED) is 0.352. The second-order valence-corrected chi connectivity index (χ2v) is 8.51. The van der Waals surface area contributed by atoms with Gasteiger partial charge >= 0.3 is 0 Å². The number of phenols is 1. The van der Waals surface area contributed by atoms with Crippen LogP contribution in [0.2, 0.25) is 0 Å². The summed E-state index contributed by atoms with van der Waals surface area (Å²) in [5.41, 5.74) is 4.86. The Kier molecular flexibility index (Phi) is 6.95. The van der Waals surface area contributed by atoms with Crippen molar-refractivity contribution >= 4 is 12.4 Å². The van der Waals surface area contributed by atoms with Crippen LogP contribution in [0.3, 0.4) is 0 Å². The lowest BCUT2D eigenvalue weighted by molar-refractivity contribution is 0.0203. The van der Waals surface area contributed by atoms with Crippen molar-refractivity contribution in [1.29, 1.82) is 0 Å². The van der Waals surface area contributed by atoms with Gasteiger partial charge in [0.1, 0.15) is 29.1 Å². The van der Waals surface area contributed by atoms with Crippen LogP contribution in [0.4, 0.5) is 0 Å². The number of phenolic OH excluding ortho intramolecular Hbond substituents is 1. The first-order chi connectivity index (χ1) is 16.0. The molecule has 0 aliphatic carbocycles. The fraction of sp³-hybridized carbons (Fsp3) is 0.308. The van der Waals surface area contributed by atoms with E-state index in [9.17, 15) is 5.11 Å². The number of nitrogens with zero attached hydrogens (tertiary/aromatic N) is 3. The smallest absolute Gasteiger partial charge is 0.175 e. The average Bonchev–Trinajstić information content (AvgIpc) is 3.36. The highest BCUT2D eigenvalue weighted by atomic mass is 35.5. The minimum absolute atomic E-state index is 0. The Morgan fingerprint density at radius 2 is 1.62 bits per heavy atom. The van der Waals surface area contributed by atoms with Crippen LogP contribution in [0.25, 0.3) is 33.7 Å². The topological polar surface area (TPSA) is 84.8 Å². The molecule has 0 saturated carbocycles. The summed E-state index contributed by atoms with van der Waals surface area (Å²) in [6, 6.07) is 14.9. The maximum Gasteiger partial charge on any atom is 0.175 e. The SMILES string of the molecule is CCCN1CC(Oc2ccc(-c3c(-c4c(C)noc4C)noc3-c3ccc(O)cc3)cc2)C1.Cl. The van der Waals surface area contributed by atoms with E-state index in [0.717, 1.165) is 59.8 Å². The third-order valence-electron chi connectivity index (χ3n) is 6.00. The molecule has 0 amide bonds. The summed E-state index contributed by atoms with van der Waals surface area (Å²) in [5.74, 6) is 2.34. The van der Waals surface area contributed by atoms with Crippen molar-refractivity contribution in [2.24, 2.45) is 0 Å². The molecule has 2 aromatic carbocycles. The summed E-state index contributed by atoms with van der Waals surface area (Å²) in [6.07, 6.45) is 1.40. The van der Waals surface area contributed by atoms with Gasteiger partial charge in [0.05, 0.1) is 16.8 Å². The van der Waals surface area contributed by atoms with Crippen molar-refractivity contribution in [1.82, 2.24) is 15.2 Å². The number of aryl methyl sites for hydroxylation is 2. The van der Waals surface area contributed by atoms with Crippen LogP contribution in [0.15, 0.2) is 57.6 Å². The first-order valence-electron chi connectivity index (χ1n) is 11.2. The molecule has 1 N–H and O–H groups in total. The minimum Gasteiger partial charge on any atom is -0.508 e. The van der Waals surface area contributed by atoms with Gasteiger partial charge in [0.25, 0.3) is 0 Å². The molecule has 0 atom stereocenters. The second-order valence-electron chi connectivity index (χ2n) is 8.51. The molecule has 1 fully saturated rings. The van der Waals surface area contributed by atoms with Gasteiger partial charge in [-0.25, -0.2) is 0 Å². The summed E-state index contributed by atoms with van der Waals surface area (Å²) in [7, 11) is 0. The average molecular weight is 482 g/mol. The van der Waals surface area contributed by atoms with E-state index in [4.69, 9.17) is 13.8 Å². The van der Waals surface area contributed by atoms with E-state index in [0.29, 0.717) is 17.2 Å². The van der Waals surface area contributed by atoms with Crippen molar-refractivity contribution < 1.29 is 18.9 Å². The standard InChI is InChI=1S/C26H27N3O4.ClH/c1-4-13-29-14-22(15-29)31-21-11-7-18(8-12-21)24-25(23-16(2)27-32-17(23)3)28-33-26(24)19-5-9-20(30)10-6-19;/h5-12,22,30H,4,13-15H2,1-3H3;1H. The molecule has 0 unspecified atom stereocenters. The van der Waals surface area contributed by atoms with E-state index in [1.807, 2.05) is 50.2 Å². The van der Waals surface area contributed by atoms with Crippen LogP contribution < -0.4 is 4.74 Å². The van der Waals surface area contributed by atoms with Crippen molar-refractivity contribution in [3.05, 3.63) is 60.0 Å². The summed E-state index contributed by atoms with van der Waals surface area (Å²) < 4.78 is 17.4. The summed E-state index contributed by atoms with van der Waals surface area (Å²) in [5, 5.41) is 18.2. The van der Waals surface area contributed by atoms with Crippen molar-refractivity contribution in [2.45, 2.75) is 33.3 Å². The molecular weight excluding hydrogens is 454 g/mol. The molecule has 8 heteroatoms. The highest BCUT2D eigenvalue weighted by Crippen LogP contribution is 2.42. The van der Waals surface area contributed by atoms with Crippen molar-refractivity contribution in [3.8, 4) is 45.2 Å². The van der Waals surface area contributed by atoms with Crippen LogP contribution >= 0.6 is 12.4 Å². The number of rotatable bonds is 7. The van der Waals surface area contributed by atoms with E-state index in [1.54, 1.807) is 12.1 Å². The first-order valence-corrected chi connectivity index (χ1v) is 11.2. The van der Waals surface area contributed by atoms with E-state index in [2.05, 4.69) is 22.1 Å². The zero-order valence-corrected chi connectivity index (χ0v) is 20.3. The van der Waals surface area contributed by atoms with Crippen LogP contribution in [0.1, 0.15) is 24.8 Å². The van der Waals surface area contributed by atoms with Gasteiger partial charge in [0.15, 0.2) is 5.76 Å². The lowest BCUT2D eigenvalue weighted by Crippen LogP contribution is -2.53. The Bertz CT molecular complexity index is 1220. The van der Waals surface area contributed by atoms with Crippen molar-refractivity contribution in [3.63, 3.8) is 0 Å². The van der Waals surface area contributed by atoms with Gasteiger partial charge in [0.2, 0.25) is 0 Å². The summed E-state index contributed by atoms with van der Waals surface area (Å²) >= 11 is 0. The van der Waals surface area contributed by atoms with Gasteiger partial charge in [-0.3, -0.25) is 4.90 Å². The summed E-state index contributed by atoms with van der Waals surface area (Å²) in [6.45, 7) is 9.02. The number of likely N-dealkylation sites (tertiary alicyclic amines) is 1. The molecule has 1 aliphatic rings. The third-order valence-corrected chi connectivity index (χ3v) is 6.00. The number of benzene rings is 2. The zero-order valence-electron chi connectivity index (χ0n) is 19.4. The molecule has 4 aromatic rings. The maximum absolute atomic E-state index is 9.71. The Balaban J connectivity index is 0.00000274. The molecular formula is C26H28ClN3O4. The largest absolute Gasteiger partial charge is 0.508 e. The zero-order chi connectivity index (χ0) is 22.9. The maximum atomic E-state index is 9.71. The number of hydrogen-bond acceptors (Lipinski definition) is 7. The van der Waals surface area contributed by atoms with Gasteiger partial charge in [-0.05, 0) is 68.8 Å². The van der Waals surface area contributed by atoms with E-state index < -0.39 is 0 Å². The van der Waals surface area contributed by atoms with Crippen LogP contribution in [-0.4, -0.2) is 46.1 Å². The Morgan fingerprint density at radius 3 is 2.24 bits per heavy atom. The van der Waals surface area contributed by atoms with Gasteiger partial charge in [-0.1, -0.05) is 29.4 Å². The van der Waals surface area contributed by atoms with E-state index in [1.165, 1.54) is 0 Å². The number of halogens is 1. The minimum atomic E-state index is 0. The fourth-order valence-electron chi connectivity index (χ4n) is 4.35. The van der Waals surface area contributed by atoms with E-state index >= 15 is 0 Å². The van der Waals surface area contributed by atoms with Crippen LogP contribution in [0.5, 0.6) is 11.5 Å². The molecule has 1 aliphatic heterocycles. The highest BCUT2D eigenvalue weighted by molar-refractivity contribution is 5.91. The molecule has 3 heterocycles. The molecule has 1 saturated heterocycles. The second kappa shape index (κ2) is 9.91. The highest BCUT2D eigenvalue weighted by Gasteiger charge is 2.28. The molecule has 178 valence electrons. The first kappa shape index (κ1) is 23.9. The number of hydrogen-bond donors (Lipinski definition) is 1. The number of aromatic nitrogens is 2. The monoisotopic (exact) mass is 481 g/mol. The molecule has 34 heavy (non-hydrogen) atoms. The third kappa shape index (κ3) is 4.54. The Hall–Kier alpha value is -3.29. The number of aromatic hydroxyl groups is 1. The fourth-order valence-corrected chi connectivity index (χ4v) is 4.35. The van der Waals surface area contributed by atoms with Crippen LogP contribution in [0, 0.1) is 13.8 Å². The van der Waals surface area contributed by atoms with Crippen LogP contribution in [-0.2, 0) is 0 Å². The lowest BCUT2D eigenvalue weighted by Gasteiger charge is -2.38. The normalized spacial score (nSPS) is 14.0. The molecule has 0 bridgehead atoms. The Morgan fingerprint density at radius 1 is 0.941 bits per heavy atom. The van der Waals surface area contributed by atoms with Gasteiger partial charge < -0.3 is 18.9 Å². The lowest BCUT2D eigenvalue weighted by atomic mass is 9.95. The molecule has 5 rings (SSSR count). The van der Waals surface area contributed by atoms with Gasteiger partial charge in [-0.2, -0.15) is 0 Å². The predicted molar refractivity (Wildman–Crippen MR) is 132 cm³/mol. The number of ether oxygens (including phenoxy) is 1. The predicted octanol–water partition coefficient (Wildman–Crippen LogP) is 5.88. The molecule has 0 spiro atoms. The van der Waals surface area contributed by atoms with E-state index in [-0.39, 0.29) is 24.3 Å². The van der Waals surface area contributed by atoms with Gasteiger partial charge in [-0.15, -0.1) is 12.4 Å². The Labute approximate surface area is 204 Å².